The zero-order valence-electron chi connectivity index (χ0n) is 16.0. The summed E-state index contributed by atoms with van der Waals surface area (Å²) in [4.78, 5) is 22.3. The number of hydrogen-bond acceptors (Lipinski definition) is 3. The maximum absolute atomic E-state index is 13.4. The minimum atomic E-state index is 0.0000487. The number of aromatic nitrogens is 1. The average molecular weight is 438 g/mol. The van der Waals surface area contributed by atoms with Crippen molar-refractivity contribution >= 4 is 25.1 Å². The normalized spacial score (nSPS) is 14.1. The molecule has 2 heterocycles. The summed E-state index contributed by atoms with van der Waals surface area (Å²) >= 11 is 0.0000487. The fourth-order valence-electron chi connectivity index (χ4n) is 3.56. The van der Waals surface area contributed by atoms with Gasteiger partial charge in [0, 0.05) is 0 Å². The van der Waals surface area contributed by atoms with Gasteiger partial charge in [0.05, 0.1) is 0 Å². The molecule has 4 nitrogen and oxygen atoms in total. The molecule has 28 heavy (non-hydrogen) atoms. The third-order valence-corrected chi connectivity index (χ3v) is 7.25. The molecule has 0 radical (unpaired) electrons. The van der Waals surface area contributed by atoms with Crippen LogP contribution in [-0.2, 0) is 13.1 Å². The van der Waals surface area contributed by atoms with E-state index in [1.165, 1.54) is 19.3 Å². The summed E-state index contributed by atoms with van der Waals surface area (Å²) in [5.41, 5.74) is 2.30. The summed E-state index contributed by atoms with van der Waals surface area (Å²) in [7, 11) is 0. The van der Waals surface area contributed by atoms with E-state index in [-0.39, 0.29) is 20.4 Å². The van der Waals surface area contributed by atoms with Crippen molar-refractivity contribution < 1.29 is 4.79 Å². The predicted octanol–water partition coefficient (Wildman–Crippen LogP) is 3.97. The van der Waals surface area contributed by atoms with Gasteiger partial charge in [0.25, 0.3) is 0 Å². The number of nitrogens with zero attached hydrogens (tertiary/aromatic N) is 3. The molecular weight excluding hydrogens is 413 g/mol. The topological polar surface area (TPSA) is 36.4 Å². The van der Waals surface area contributed by atoms with Crippen molar-refractivity contribution in [1.82, 2.24) is 9.88 Å². The van der Waals surface area contributed by atoms with Crippen LogP contribution in [0.2, 0.25) is 0 Å². The average Bonchev–Trinajstić information content (AvgIpc) is 3.25. The van der Waals surface area contributed by atoms with Crippen LogP contribution in [0.5, 0.6) is 0 Å². The van der Waals surface area contributed by atoms with Crippen LogP contribution in [-0.4, -0.2) is 43.4 Å². The molecule has 4 rings (SSSR count). The maximum atomic E-state index is 13.4. The first-order chi connectivity index (χ1) is 13.8. The number of piperidine rings is 1. The number of anilines is 1. The van der Waals surface area contributed by atoms with Gasteiger partial charge < -0.3 is 0 Å². The molecule has 2 aromatic carbocycles. The van der Waals surface area contributed by atoms with Crippen LogP contribution < -0.4 is 4.90 Å². The molecule has 1 aliphatic rings. The van der Waals surface area contributed by atoms with Crippen molar-refractivity contribution in [1.29, 1.82) is 0 Å². The summed E-state index contributed by atoms with van der Waals surface area (Å²) in [6, 6.07) is 20.4. The Morgan fingerprint density at radius 2 is 1.46 bits per heavy atom. The van der Waals surface area contributed by atoms with Crippen molar-refractivity contribution in [3.8, 4) is 0 Å². The molecule has 0 unspecified atom stereocenters. The van der Waals surface area contributed by atoms with Crippen molar-refractivity contribution in [3.05, 3.63) is 82.4 Å². The SMILES string of the molecule is O=C(c1cnc(N2CCCCC2)[se]1)N(Cc1ccccc1)Cc1ccccc1. The monoisotopic (exact) mass is 439 g/mol. The second-order valence-electron chi connectivity index (χ2n) is 7.19. The molecule has 0 saturated carbocycles. The number of rotatable bonds is 6. The minimum absolute atomic E-state index is 0.0000487. The van der Waals surface area contributed by atoms with Crippen LogP contribution in [0.1, 0.15) is 39.6 Å². The van der Waals surface area contributed by atoms with Crippen molar-refractivity contribution in [2.24, 2.45) is 0 Å². The van der Waals surface area contributed by atoms with Crippen LogP contribution in [0.25, 0.3) is 0 Å². The fourth-order valence-corrected chi connectivity index (χ4v) is 5.52. The molecule has 0 bridgehead atoms. The number of carbonyl (C=O) groups excluding carboxylic acids is 1. The Hall–Kier alpha value is -2.36. The van der Waals surface area contributed by atoms with Gasteiger partial charge in [-0.3, -0.25) is 0 Å². The first-order valence-electron chi connectivity index (χ1n) is 9.87. The Morgan fingerprint density at radius 3 is 2.04 bits per heavy atom. The predicted molar refractivity (Wildman–Crippen MR) is 114 cm³/mol. The Morgan fingerprint density at radius 1 is 0.893 bits per heavy atom. The third kappa shape index (κ3) is 4.72. The first-order valence-corrected chi connectivity index (χ1v) is 11.6. The Labute approximate surface area is 172 Å². The van der Waals surface area contributed by atoms with Crippen molar-refractivity contribution in [2.75, 3.05) is 18.0 Å². The van der Waals surface area contributed by atoms with E-state index < -0.39 is 0 Å². The number of carbonyl (C=O) groups is 1. The molecule has 0 N–H and O–H groups in total. The number of hydrogen-bond donors (Lipinski definition) is 0. The van der Waals surface area contributed by atoms with Crippen LogP contribution in [0.15, 0.2) is 66.9 Å². The van der Waals surface area contributed by atoms with E-state index in [2.05, 4.69) is 34.1 Å². The van der Waals surface area contributed by atoms with E-state index in [1.54, 1.807) is 0 Å². The second-order valence-corrected chi connectivity index (χ2v) is 9.30. The van der Waals surface area contributed by atoms with Gasteiger partial charge in [0.15, 0.2) is 0 Å². The molecular formula is C23H25N3OSe. The van der Waals surface area contributed by atoms with Gasteiger partial charge in [-0.15, -0.1) is 0 Å². The Balaban J connectivity index is 1.54. The van der Waals surface area contributed by atoms with Crippen LogP contribution in [0.4, 0.5) is 4.69 Å². The Bertz CT molecular complexity index is 847. The fraction of sp³-hybridized carbons (Fsp3) is 0.304. The van der Waals surface area contributed by atoms with E-state index >= 15 is 0 Å². The van der Waals surface area contributed by atoms with Crippen LogP contribution >= 0.6 is 0 Å². The molecule has 1 amide bonds. The van der Waals surface area contributed by atoms with Crippen LogP contribution in [0, 0.1) is 0 Å². The van der Waals surface area contributed by atoms with Gasteiger partial charge in [-0.1, -0.05) is 0 Å². The molecule has 1 aromatic heterocycles. The zero-order valence-corrected chi connectivity index (χ0v) is 17.7. The summed E-state index contributed by atoms with van der Waals surface area (Å²) in [5.74, 6) is 0.114. The third-order valence-electron chi connectivity index (χ3n) is 5.05. The molecule has 1 saturated heterocycles. The van der Waals surface area contributed by atoms with Gasteiger partial charge in [-0.05, 0) is 0 Å². The standard InChI is InChI=1S/C23H25N3OSe/c27-22(21-16-24-23(28-21)25-14-8-3-9-15-25)26(17-19-10-4-1-5-11-19)18-20-12-6-2-7-13-20/h1-2,4-7,10-13,16H,3,8-9,14-15,17-18H2. The molecule has 3 aromatic rings. The van der Waals surface area contributed by atoms with Crippen LogP contribution in [0.3, 0.4) is 0 Å². The summed E-state index contributed by atoms with van der Waals surface area (Å²) in [5, 5.41) is 0. The summed E-state index contributed by atoms with van der Waals surface area (Å²) in [6.07, 6.45) is 5.58. The molecule has 0 aliphatic carbocycles. The van der Waals surface area contributed by atoms with E-state index in [0.29, 0.717) is 13.1 Å². The first kappa shape index (κ1) is 19.0. The van der Waals surface area contributed by atoms with E-state index in [1.807, 2.05) is 47.5 Å². The van der Waals surface area contributed by atoms with Gasteiger partial charge in [0.2, 0.25) is 0 Å². The zero-order chi connectivity index (χ0) is 19.2. The quantitative estimate of drug-likeness (QED) is 0.547. The molecule has 0 atom stereocenters. The van der Waals surface area contributed by atoms with Gasteiger partial charge in [-0.2, -0.15) is 0 Å². The van der Waals surface area contributed by atoms with Gasteiger partial charge >= 0.3 is 173 Å². The van der Waals surface area contributed by atoms with E-state index in [9.17, 15) is 4.79 Å². The van der Waals surface area contributed by atoms with E-state index in [0.717, 1.165) is 33.3 Å². The van der Waals surface area contributed by atoms with Crippen molar-refractivity contribution in [2.45, 2.75) is 32.4 Å². The Kier molecular flexibility index (Phi) is 6.25. The number of amides is 1. The molecule has 1 fully saturated rings. The second kappa shape index (κ2) is 9.22. The van der Waals surface area contributed by atoms with Gasteiger partial charge in [0.1, 0.15) is 0 Å². The van der Waals surface area contributed by atoms with E-state index in [4.69, 9.17) is 0 Å². The van der Waals surface area contributed by atoms with Gasteiger partial charge in [-0.25, -0.2) is 0 Å². The molecule has 144 valence electrons. The van der Waals surface area contributed by atoms with Crippen molar-refractivity contribution in [3.63, 3.8) is 0 Å². The molecule has 5 heteroatoms. The summed E-state index contributed by atoms with van der Waals surface area (Å²) in [6.45, 7) is 3.38. The number of benzene rings is 2. The molecule has 1 aliphatic heterocycles. The molecule has 0 spiro atoms. The summed E-state index contributed by atoms with van der Waals surface area (Å²) < 4.78 is 1.98.